The van der Waals surface area contributed by atoms with Gasteiger partial charge >= 0.3 is 0 Å². The fraction of sp³-hybridized carbons (Fsp3) is 0.692. The van der Waals surface area contributed by atoms with Crippen LogP contribution < -0.4 is 15.4 Å². The number of aromatic nitrogens is 2. The van der Waals surface area contributed by atoms with Gasteiger partial charge in [0, 0.05) is 24.3 Å². The summed E-state index contributed by atoms with van der Waals surface area (Å²) in [4.78, 5) is 8.57. The van der Waals surface area contributed by atoms with Gasteiger partial charge in [-0.2, -0.15) is 4.98 Å². The molecule has 1 fully saturated rings. The summed E-state index contributed by atoms with van der Waals surface area (Å²) in [5, 5.41) is 6.73. The maximum Gasteiger partial charge on any atom is 0.226 e. The fourth-order valence-electron chi connectivity index (χ4n) is 2.35. The van der Waals surface area contributed by atoms with Crippen LogP contribution in [0.15, 0.2) is 12.3 Å². The Morgan fingerprint density at radius 1 is 1.28 bits per heavy atom. The molecule has 2 rings (SSSR count). The summed E-state index contributed by atoms with van der Waals surface area (Å²) in [5.74, 6) is 1.31. The number of ether oxygens (including phenoxy) is 1. The minimum absolute atomic E-state index is 0.478. The van der Waals surface area contributed by atoms with E-state index in [-0.39, 0.29) is 0 Å². The van der Waals surface area contributed by atoms with Crippen LogP contribution in [0.1, 0.15) is 32.6 Å². The van der Waals surface area contributed by atoms with Crippen molar-refractivity contribution in [3.05, 3.63) is 12.3 Å². The van der Waals surface area contributed by atoms with E-state index >= 15 is 0 Å². The van der Waals surface area contributed by atoms with Gasteiger partial charge in [0.1, 0.15) is 0 Å². The third-order valence-electron chi connectivity index (χ3n) is 3.39. The molecule has 0 amide bonds. The van der Waals surface area contributed by atoms with Crippen molar-refractivity contribution in [2.75, 3.05) is 19.0 Å². The number of hydrogen-bond donors (Lipinski definition) is 2. The molecule has 1 saturated carbocycles. The highest BCUT2D eigenvalue weighted by Gasteiger charge is 2.20. The van der Waals surface area contributed by atoms with Gasteiger partial charge in [-0.3, -0.25) is 0 Å². The lowest BCUT2D eigenvalue weighted by molar-refractivity contribution is 0.326. The number of anilines is 1. The average Bonchev–Trinajstić information content (AvgIpc) is 2.40. The van der Waals surface area contributed by atoms with Gasteiger partial charge in [-0.05, 0) is 39.7 Å². The van der Waals surface area contributed by atoms with E-state index in [0.717, 1.165) is 12.8 Å². The van der Waals surface area contributed by atoms with Gasteiger partial charge in [0.2, 0.25) is 11.8 Å². The van der Waals surface area contributed by atoms with Crippen LogP contribution in [-0.2, 0) is 0 Å². The van der Waals surface area contributed by atoms with E-state index < -0.39 is 0 Å². The summed E-state index contributed by atoms with van der Waals surface area (Å²) in [5.41, 5.74) is 0. The lowest BCUT2D eigenvalue weighted by atomic mass is 9.91. The van der Waals surface area contributed by atoms with Crippen LogP contribution in [0.25, 0.3) is 0 Å². The first-order valence-electron chi connectivity index (χ1n) is 6.71. The highest BCUT2D eigenvalue weighted by atomic mass is 16.5. The molecule has 0 spiro atoms. The van der Waals surface area contributed by atoms with E-state index in [4.69, 9.17) is 4.74 Å². The van der Waals surface area contributed by atoms with Crippen LogP contribution in [0.2, 0.25) is 0 Å². The first-order valence-corrected chi connectivity index (χ1v) is 6.71. The van der Waals surface area contributed by atoms with Crippen molar-refractivity contribution < 1.29 is 4.74 Å². The second kappa shape index (κ2) is 6.54. The molecule has 0 unspecified atom stereocenters. The van der Waals surface area contributed by atoms with E-state index in [2.05, 4.69) is 20.6 Å². The standard InChI is InChI=1S/C13H22N4O/c1-3-18-12-8-9-15-13(17-12)16-11-6-4-10(14-2)5-7-11/h8-11,14H,3-7H2,1-2H3,(H,15,16,17). The molecular weight excluding hydrogens is 228 g/mol. The van der Waals surface area contributed by atoms with Crippen molar-refractivity contribution in [1.82, 2.24) is 15.3 Å². The van der Waals surface area contributed by atoms with Gasteiger partial charge in [0.05, 0.1) is 6.61 Å². The minimum atomic E-state index is 0.478. The second-order valence-electron chi connectivity index (χ2n) is 4.63. The zero-order chi connectivity index (χ0) is 12.8. The first kappa shape index (κ1) is 13.1. The third-order valence-corrected chi connectivity index (χ3v) is 3.39. The number of rotatable bonds is 5. The van der Waals surface area contributed by atoms with Gasteiger partial charge in [-0.1, -0.05) is 0 Å². The maximum absolute atomic E-state index is 5.37. The zero-order valence-electron chi connectivity index (χ0n) is 11.1. The van der Waals surface area contributed by atoms with Gasteiger partial charge in [0.15, 0.2) is 0 Å². The van der Waals surface area contributed by atoms with E-state index in [1.165, 1.54) is 12.8 Å². The summed E-state index contributed by atoms with van der Waals surface area (Å²) in [7, 11) is 2.03. The largest absolute Gasteiger partial charge is 0.478 e. The molecule has 1 aromatic heterocycles. The summed E-state index contributed by atoms with van der Waals surface area (Å²) < 4.78 is 5.37. The van der Waals surface area contributed by atoms with Gasteiger partial charge in [-0.25, -0.2) is 4.98 Å². The highest BCUT2D eigenvalue weighted by Crippen LogP contribution is 2.21. The van der Waals surface area contributed by atoms with Crippen molar-refractivity contribution in [1.29, 1.82) is 0 Å². The lowest BCUT2D eigenvalue weighted by Crippen LogP contribution is -2.35. The van der Waals surface area contributed by atoms with Crippen LogP contribution in [-0.4, -0.2) is 35.7 Å². The molecule has 1 aromatic rings. The zero-order valence-corrected chi connectivity index (χ0v) is 11.1. The number of hydrogen-bond acceptors (Lipinski definition) is 5. The van der Waals surface area contributed by atoms with Crippen molar-refractivity contribution >= 4 is 5.95 Å². The summed E-state index contributed by atoms with van der Waals surface area (Å²) in [6.45, 7) is 2.58. The monoisotopic (exact) mass is 250 g/mol. The first-order chi connectivity index (χ1) is 8.81. The molecule has 18 heavy (non-hydrogen) atoms. The molecule has 0 saturated heterocycles. The Balaban J connectivity index is 1.87. The maximum atomic E-state index is 5.37. The predicted molar refractivity (Wildman–Crippen MR) is 71.9 cm³/mol. The Bertz CT molecular complexity index is 364. The summed E-state index contributed by atoms with van der Waals surface area (Å²) >= 11 is 0. The Hall–Kier alpha value is -1.36. The van der Waals surface area contributed by atoms with Gasteiger partial charge in [0.25, 0.3) is 0 Å². The van der Waals surface area contributed by atoms with Crippen LogP contribution in [0.3, 0.4) is 0 Å². The molecule has 100 valence electrons. The average molecular weight is 250 g/mol. The van der Waals surface area contributed by atoms with Crippen molar-refractivity contribution in [2.45, 2.75) is 44.7 Å². The number of nitrogens with one attached hydrogen (secondary N) is 2. The van der Waals surface area contributed by atoms with E-state index in [1.54, 1.807) is 12.3 Å². The van der Waals surface area contributed by atoms with Crippen LogP contribution >= 0.6 is 0 Å². The highest BCUT2D eigenvalue weighted by molar-refractivity contribution is 5.29. The molecule has 0 aromatic carbocycles. The van der Waals surface area contributed by atoms with Crippen molar-refractivity contribution in [3.63, 3.8) is 0 Å². The molecule has 2 N–H and O–H groups in total. The molecule has 1 aliphatic carbocycles. The molecule has 5 nitrogen and oxygen atoms in total. The minimum Gasteiger partial charge on any atom is -0.478 e. The molecular formula is C13H22N4O. The second-order valence-corrected chi connectivity index (χ2v) is 4.63. The Labute approximate surface area is 108 Å². The van der Waals surface area contributed by atoms with Gasteiger partial charge < -0.3 is 15.4 Å². The van der Waals surface area contributed by atoms with Crippen LogP contribution in [0.4, 0.5) is 5.95 Å². The van der Waals surface area contributed by atoms with Crippen LogP contribution in [0, 0.1) is 0 Å². The smallest absolute Gasteiger partial charge is 0.226 e. The molecule has 5 heteroatoms. The summed E-state index contributed by atoms with van der Waals surface area (Å²) in [6.07, 6.45) is 6.47. The molecule has 0 bridgehead atoms. The molecule has 1 heterocycles. The van der Waals surface area contributed by atoms with E-state index in [9.17, 15) is 0 Å². The molecule has 0 aliphatic heterocycles. The van der Waals surface area contributed by atoms with Gasteiger partial charge in [-0.15, -0.1) is 0 Å². The van der Waals surface area contributed by atoms with Crippen molar-refractivity contribution in [3.8, 4) is 5.88 Å². The van der Waals surface area contributed by atoms with E-state index in [0.29, 0.717) is 30.5 Å². The molecule has 0 atom stereocenters. The van der Waals surface area contributed by atoms with Crippen molar-refractivity contribution in [2.24, 2.45) is 0 Å². The normalized spacial score (nSPS) is 23.7. The van der Waals surface area contributed by atoms with E-state index in [1.807, 2.05) is 14.0 Å². The fourth-order valence-corrected chi connectivity index (χ4v) is 2.35. The quantitative estimate of drug-likeness (QED) is 0.834. The Morgan fingerprint density at radius 2 is 2.00 bits per heavy atom. The topological polar surface area (TPSA) is 59.1 Å². The predicted octanol–water partition coefficient (Wildman–Crippen LogP) is 1.82. The molecule has 1 aliphatic rings. The SMILES string of the molecule is CCOc1ccnc(NC2CCC(NC)CC2)n1. The Morgan fingerprint density at radius 3 is 2.67 bits per heavy atom. The molecule has 0 radical (unpaired) electrons. The van der Waals surface area contributed by atoms with Crippen LogP contribution in [0.5, 0.6) is 5.88 Å². The number of nitrogens with zero attached hydrogens (tertiary/aromatic N) is 2. The Kier molecular flexibility index (Phi) is 4.75. The lowest BCUT2D eigenvalue weighted by Gasteiger charge is -2.28. The third kappa shape index (κ3) is 3.57. The summed E-state index contributed by atoms with van der Waals surface area (Å²) in [6, 6.07) is 2.93.